The fraction of sp³-hybridized carbons (Fsp3) is 0.600. The number of hydrogen-bond acceptors (Lipinski definition) is 7. The predicted octanol–water partition coefficient (Wildman–Crippen LogP) is -1.89. The Morgan fingerprint density at radius 2 is 1.77 bits per heavy atom. The fourth-order valence-electron chi connectivity index (χ4n) is 1.33. The zero-order valence-corrected chi connectivity index (χ0v) is 12.2. The molecule has 0 heterocycles. The van der Waals surface area contributed by atoms with Crippen LogP contribution in [0, 0.1) is 4.91 Å². The Hall–Kier alpha value is -2.37. The monoisotopic (exact) mass is 336 g/mol. The first-order valence-electron chi connectivity index (χ1n) is 6.02. The van der Waals surface area contributed by atoms with Crippen LogP contribution in [0.2, 0.25) is 0 Å². The van der Waals surface area contributed by atoms with Crippen molar-refractivity contribution in [2.24, 2.45) is 5.29 Å². The number of hydrogen-bond donors (Lipinski definition) is 6. The first-order valence-corrected chi connectivity index (χ1v) is 6.65. The van der Waals surface area contributed by atoms with Gasteiger partial charge in [-0.25, -0.2) is 4.79 Å². The number of carboxylic acid groups (broad SMARTS) is 2. The molecule has 0 rings (SSSR count). The Bertz CT molecular complexity index is 445. The third-order valence-electron chi connectivity index (χ3n) is 2.41. The highest BCUT2D eigenvalue weighted by atomic mass is 32.1. The summed E-state index contributed by atoms with van der Waals surface area (Å²) in [6.07, 6.45) is -0.501. The van der Waals surface area contributed by atoms with Crippen LogP contribution in [0.3, 0.4) is 0 Å². The minimum Gasteiger partial charge on any atom is -0.480 e. The maximum Gasteiger partial charge on any atom is 0.327 e. The predicted molar refractivity (Wildman–Crippen MR) is 76.0 cm³/mol. The Labute approximate surface area is 130 Å². The van der Waals surface area contributed by atoms with Gasteiger partial charge in [0.1, 0.15) is 18.6 Å². The van der Waals surface area contributed by atoms with Crippen molar-refractivity contribution >= 4 is 36.4 Å². The van der Waals surface area contributed by atoms with Crippen molar-refractivity contribution in [3.05, 3.63) is 4.91 Å². The van der Waals surface area contributed by atoms with Gasteiger partial charge in [-0.1, -0.05) is 0 Å². The first-order chi connectivity index (χ1) is 10.3. The van der Waals surface area contributed by atoms with Crippen LogP contribution in [0.25, 0.3) is 0 Å². The van der Waals surface area contributed by atoms with Crippen molar-refractivity contribution in [2.45, 2.75) is 24.9 Å². The quantitative estimate of drug-likeness (QED) is 0.144. The average molecular weight is 336 g/mol. The van der Waals surface area contributed by atoms with E-state index < -0.39 is 42.4 Å². The molecule has 0 bridgehead atoms. The molecule has 12 heteroatoms. The van der Waals surface area contributed by atoms with Gasteiger partial charge in [-0.15, -0.1) is 4.91 Å². The van der Waals surface area contributed by atoms with E-state index in [-0.39, 0.29) is 18.6 Å². The molecular weight excluding hydrogens is 320 g/mol. The summed E-state index contributed by atoms with van der Waals surface area (Å²) in [6.45, 7) is -0.602. The maximum absolute atomic E-state index is 11.6. The lowest BCUT2D eigenvalue weighted by atomic mass is 10.1. The number of thiol groups is 1. The summed E-state index contributed by atoms with van der Waals surface area (Å²) in [5.74, 6) is -4.04. The van der Waals surface area contributed by atoms with E-state index in [0.29, 0.717) is 0 Å². The second-order valence-electron chi connectivity index (χ2n) is 4.06. The summed E-state index contributed by atoms with van der Waals surface area (Å²) in [7, 11) is 0. The standard InChI is InChI=1S/C10H16N4O7S/c15-7(2-1-5(10(19)20)13-14-21)12-6(4-22)9(18)11-3-8(16)17/h5-6,22H,1-4H2,(H,11,18)(H,12,15)(H,13,21)(H,16,17)(H,19,20). The van der Waals surface area contributed by atoms with E-state index in [4.69, 9.17) is 10.2 Å². The molecule has 0 saturated carbocycles. The highest BCUT2D eigenvalue weighted by Gasteiger charge is 2.22. The summed E-state index contributed by atoms with van der Waals surface area (Å²) in [6, 6.07) is -2.38. The molecule has 124 valence electrons. The van der Waals surface area contributed by atoms with Gasteiger partial charge in [-0.05, 0) is 6.42 Å². The Balaban J connectivity index is 4.35. The second kappa shape index (κ2) is 10.4. The molecule has 0 aromatic rings. The molecule has 0 spiro atoms. The van der Waals surface area contributed by atoms with Gasteiger partial charge in [0.05, 0.1) is 5.29 Å². The van der Waals surface area contributed by atoms with Gasteiger partial charge in [-0.2, -0.15) is 12.6 Å². The number of nitroso groups, excluding NO2 is 1. The van der Waals surface area contributed by atoms with Crippen LogP contribution in [-0.4, -0.2) is 58.3 Å². The van der Waals surface area contributed by atoms with Crippen molar-refractivity contribution in [3.63, 3.8) is 0 Å². The highest BCUT2D eigenvalue weighted by molar-refractivity contribution is 7.80. The number of carbonyl (C=O) groups is 4. The molecular formula is C10H16N4O7S. The van der Waals surface area contributed by atoms with Gasteiger partial charge in [0.2, 0.25) is 11.8 Å². The minimum absolute atomic E-state index is 0.0757. The Kier molecular flexibility index (Phi) is 9.25. The Morgan fingerprint density at radius 1 is 1.14 bits per heavy atom. The van der Waals surface area contributed by atoms with Crippen molar-refractivity contribution < 1.29 is 29.4 Å². The zero-order chi connectivity index (χ0) is 17.1. The fourth-order valence-corrected chi connectivity index (χ4v) is 1.59. The number of rotatable bonds is 11. The number of carboxylic acids is 2. The molecule has 5 N–H and O–H groups in total. The summed E-state index contributed by atoms with van der Waals surface area (Å²) >= 11 is 3.86. The SMILES string of the molecule is O=NNC(CCC(=O)NC(CS)C(=O)NCC(=O)O)C(=O)O. The van der Waals surface area contributed by atoms with Crippen LogP contribution in [0.15, 0.2) is 5.29 Å². The van der Waals surface area contributed by atoms with Crippen LogP contribution in [0.1, 0.15) is 12.8 Å². The lowest BCUT2D eigenvalue weighted by molar-refractivity contribution is -0.140. The zero-order valence-electron chi connectivity index (χ0n) is 11.3. The number of amides is 2. The van der Waals surface area contributed by atoms with Gasteiger partial charge < -0.3 is 20.8 Å². The molecule has 0 aliphatic rings. The molecule has 2 unspecified atom stereocenters. The molecule has 0 aliphatic carbocycles. The molecule has 0 aliphatic heterocycles. The van der Waals surface area contributed by atoms with Gasteiger partial charge in [0, 0.05) is 12.2 Å². The summed E-state index contributed by atoms with van der Waals surface area (Å²) in [5.41, 5.74) is 1.79. The van der Waals surface area contributed by atoms with E-state index >= 15 is 0 Å². The number of aliphatic carboxylic acids is 2. The smallest absolute Gasteiger partial charge is 0.327 e. The van der Waals surface area contributed by atoms with Crippen LogP contribution >= 0.6 is 12.6 Å². The van der Waals surface area contributed by atoms with Crippen LogP contribution in [-0.2, 0) is 19.2 Å². The van der Waals surface area contributed by atoms with E-state index in [2.05, 4.69) is 28.5 Å². The van der Waals surface area contributed by atoms with E-state index in [1.807, 2.05) is 0 Å². The number of carbonyl (C=O) groups excluding carboxylic acids is 2. The normalized spacial score (nSPS) is 12.6. The first kappa shape index (κ1) is 19.6. The molecule has 0 aromatic carbocycles. The molecule has 22 heavy (non-hydrogen) atoms. The molecule has 11 nitrogen and oxygen atoms in total. The third-order valence-corrected chi connectivity index (χ3v) is 2.78. The van der Waals surface area contributed by atoms with Crippen LogP contribution in [0.4, 0.5) is 0 Å². The van der Waals surface area contributed by atoms with Gasteiger partial charge in [0.25, 0.3) is 0 Å². The lowest BCUT2D eigenvalue weighted by Crippen LogP contribution is -2.49. The van der Waals surface area contributed by atoms with Crippen molar-refractivity contribution in [1.82, 2.24) is 16.1 Å². The van der Waals surface area contributed by atoms with Crippen molar-refractivity contribution in [3.8, 4) is 0 Å². The largest absolute Gasteiger partial charge is 0.480 e. The van der Waals surface area contributed by atoms with Gasteiger partial charge in [0.15, 0.2) is 0 Å². The van der Waals surface area contributed by atoms with E-state index in [1.165, 1.54) is 0 Å². The molecule has 0 saturated heterocycles. The molecule has 0 fully saturated rings. The number of nitrogens with zero attached hydrogens (tertiary/aromatic N) is 1. The summed E-state index contributed by atoms with van der Waals surface area (Å²) < 4.78 is 0. The van der Waals surface area contributed by atoms with Gasteiger partial charge >= 0.3 is 11.9 Å². The second-order valence-corrected chi connectivity index (χ2v) is 4.43. The van der Waals surface area contributed by atoms with Crippen LogP contribution in [0.5, 0.6) is 0 Å². The third kappa shape index (κ3) is 8.04. The van der Waals surface area contributed by atoms with E-state index in [0.717, 1.165) is 0 Å². The molecule has 0 radical (unpaired) electrons. The van der Waals surface area contributed by atoms with Crippen molar-refractivity contribution in [2.75, 3.05) is 12.3 Å². The Morgan fingerprint density at radius 3 is 2.23 bits per heavy atom. The lowest BCUT2D eigenvalue weighted by Gasteiger charge is -2.16. The molecule has 0 aromatic heterocycles. The summed E-state index contributed by atoms with van der Waals surface area (Å²) in [4.78, 5) is 54.2. The summed E-state index contributed by atoms with van der Waals surface area (Å²) in [5, 5.41) is 23.7. The van der Waals surface area contributed by atoms with Gasteiger partial charge in [-0.3, -0.25) is 19.8 Å². The van der Waals surface area contributed by atoms with Crippen molar-refractivity contribution in [1.29, 1.82) is 0 Å². The average Bonchev–Trinajstić information content (AvgIpc) is 2.46. The topological polar surface area (TPSA) is 174 Å². The van der Waals surface area contributed by atoms with E-state index in [9.17, 15) is 24.1 Å². The van der Waals surface area contributed by atoms with Crippen LogP contribution < -0.4 is 16.1 Å². The maximum atomic E-state index is 11.6. The van der Waals surface area contributed by atoms with E-state index in [1.54, 1.807) is 5.43 Å². The molecule has 2 amide bonds. The minimum atomic E-state index is -1.35. The highest BCUT2D eigenvalue weighted by Crippen LogP contribution is 1.99. The molecule has 2 atom stereocenters. The number of nitrogens with one attached hydrogen (secondary N) is 3.